The van der Waals surface area contributed by atoms with E-state index in [1.165, 1.54) is 20.7 Å². The SMILES string of the molecule is CCOC(=S)CCCC1=NC2(OC)CC(C(C)(C)C)C(C=C[C@H](CCCCCO[Si](c3ccccc3)c3ccccc3)C(C)(C)C)C2C1O[Si](c1ccccc1)c1ccccc1. The Balaban J connectivity index is 1.24. The van der Waals surface area contributed by atoms with Crippen LogP contribution in [0.3, 0.4) is 0 Å². The Bertz CT molecular complexity index is 1940. The molecule has 0 bridgehead atoms. The van der Waals surface area contributed by atoms with E-state index in [1.807, 2.05) is 14.0 Å². The van der Waals surface area contributed by atoms with Crippen molar-refractivity contribution in [2.24, 2.45) is 39.5 Å². The molecule has 4 aromatic rings. The summed E-state index contributed by atoms with van der Waals surface area (Å²) in [5, 5.41) is 5.75. The van der Waals surface area contributed by atoms with Crippen molar-refractivity contribution < 1.29 is 18.3 Å². The van der Waals surface area contributed by atoms with Crippen molar-refractivity contribution in [3.05, 3.63) is 133 Å². The van der Waals surface area contributed by atoms with Crippen molar-refractivity contribution in [2.75, 3.05) is 20.3 Å². The first-order valence-corrected chi connectivity index (χ1v) is 26.3. The van der Waals surface area contributed by atoms with E-state index in [0.29, 0.717) is 23.5 Å². The largest absolute Gasteiger partial charge is 0.487 e. The number of nitrogens with zero attached hydrogens (tertiary/aromatic N) is 1. The predicted octanol–water partition coefficient (Wildman–Crippen LogP) is 10.4. The molecule has 0 spiro atoms. The van der Waals surface area contributed by atoms with Gasteiger partial charge in [0.2, 0.25) is 0 Å². The lowest BCUT2D eigenvalue weighted by Crippen LogP contribution is -2.51. The molecule has 1 aliphatic heterocycles. The number of thiocarbonyl (C=S) groups is 1. The Kier molecular flexibility index (Phi) is 17.3. The number of hydrogen-bond donors (Lipinski definition) is 0. The van der Waals surface area contributed by atoms with Crippen molar-refractivity contribution in [2.45, 2.75) is 112 Å². The molecule has 2 radical (unpaired) electrons. The second-order valence-electron chi connectivity index (χ2n) is 19.3. The van der Waals surface area contributed by atoms with Crippen molar-refractivity contribution in [3.63, 3.8) is 0 Å². The summed E-state index contributed by atoms with van der Waals surface area (Å²) in [5.74, 6) is 1.04. The minimum Gasteiger partial charge on any atom is -0.487 e. The Hall–Kier alpha value is -3.51. The molecule has 8 heteroatoms. The normalized spacial score (nSPS) is 22.0. The molecule has 4 aromatic carbocycles. The lowest BCUT2D eigenvalue weighted by molar-refractivity contribution is -0.0492. The van der Waals surface area contributed by atoms with Crippen LogP contribution in [0.2, 0.25) is 0 Å². The Labute approximate surface area is 383 Å². The quantitative estimate of drug-likeness (QED) is 0.0361. The van der Waals surface area contributed by atoms with E-state index in [1.54, 1.807) is 0 Å². The van der Waals surface area contributed by atoms with Crippen molar-refractivity contribution >= 4 is 61.8 Å². The first-order chi connectivity index (χ1) is 29.8. The molecular formula is C54H71NO4SSi2. The molecule has 1 saturated carbocycles. The maximum Gasteiger partial charge on any atom is 0.283 e. The third-order valence-electron chi connectivity index (χ3n) is 13.0. The zero-order valence-corrected chi connectivity index (χ0v) is 41.5. The third kappa shape index (κ3) is 12.4. The van der Waals surface area contributed by atoms with E-state index in [0.717, 1.165) is 63.7 Å². The van der Waals surface area contributed by atoms with Gasteiger partial charge in [0.1, 0.15) is 0 Å². The van der Waals surface area contributed by atoms with Gasteiger partial charge in [-0.05, 0) is 94.2 Å². The minimum absolute atomic E-state index is 0.0391. The summed E-state index contributed by atoms with van der Waals surface area (Å²) in [7, 11) is -1.05. The fourth-order valence-electron chi connectivity index (χ4n) is 9.62. The molecule has 2 aliphatic rings. The van der Waals surface area contributed by atoms with E-state index >= 15 is 0 Å². The number of ether oxygens (including phenoxy) is 2. The van der Waals surface area contributed by atoms with Crippen LogP contribution in [0.1, 0.15) is 99.8 Å². The molecule has 0 amide bonds. The summed E-state index contributed by atoms with van der Waals surface area (Å²) in [6.07, 6.45) is 12.7. The van der Waals surface area contributed by atoms with Gasteiger partial charge in [0.25, 0.3) is 18.1 Å². The van der Waals surface area contributed by atoms with E-state index in [9.17, 15) is 0 Å². The fraction of sp³-hybridized carbons (Fsp3) is 0.481. The summed E-state index contributed by atoms with van der Waals surface area (Å²) >= 11 is 5.58. The number of allylic oxidation sites excluding steroid dienone is 2. The molecule has 1 aliphatic carbocycles. The van der Waals surface area contributed by atoms with Gasteiger partial charge in [-0.25, -0.2) is 0 Å². The Morgan fingerprint density at radius 3 is 1.77 bits per heavy atom. The molecule has 1 fully saturated rings. The van der Waals surface area contributed by atoms with Gasteiger partial charge in [-0.2, -0.15) is 0 Å². The average Bonchev–Trinajstić information content (AvgIpc) is 3.75. The Morgan fingerprint density at radius 1 is 0.758 bits per heavy atom. The van der Waals surface area contributed by atoms with E-state index in [-0.39, 0.29) is 28.8 Å². The van der Waals surface area contributed by atoms with Gasteiger partial charge in [-0.1, -0.05) is 188 Å². The molecule has 0 aromatic heterocycles. The standard InChI is InChI=1S/C54H71NO4SSi2/c1-9-57-49(60)36-25-35-48-51(59-62(44-31-20-12-21-32-44)45-33-22-13-23-34-45)50-46(47(53(5,6)7)40-54(50,55-48)56-8)38-37-41(52(2,3)4)26-15-14-24-39-58-61(42-27-16-10-17-28-42)43-29-18-11-19-30-43/h10-13,16-23,27-34,37-38,41,46-47,50-51H,9,14-15,24-26,35-36,39-40H2,1-8H3/t41-,46?,47?,50?,51?,54?/m0/s1. The van der Waals surface area contributed by atoms with Gasteiger partial charge in [0, 0.05) is 38.2 Å². The molecule has 62 heavy (non-hydrogen) atoms. The smallest absolute Gasteiger partial charge is 0.283 e. The second kappa shape index (κ2) is 22.4. The number of aliphatic imine (C=N–C) groups is 1. The van der Waals surface area contributed by atoms with Crippen LogP contribution in [0, 0.1) is 34.5 Å². The number of methoxy groups -OCH3 is 1. The van der Waals surface area contributed by atoms with E-state index < -0.39 is 23.8 Å². The molecule has 330 valence electrons. The third-order valence-corrected chi connectivity index (χ3v) is 17.7. The number of benzene rings is 4. The highest BCUT2D eigenvalue weighted by Crippen LogP contribution is 2.59. The highest BCUT2D eigenvalue weighted by molar-refractivity contribution is 7.80. The Morgan fingerprint density at radius 2 is 1.29 bits per heavy atom. The second-order valence-corrected chi connectivity index (χ2v) is 23.9. The lowest BCUT2D eigenvalue weighted by atomic mass is 9.70. The van der Waals surface area contributed by atoms with Crippen LogP contribution in [0.15, 0.2) is 138 Å². The summed E-state index contributed by atoms with van der Waals surface area (Å²) in [4.78, 5) is 5.64. The van der Waals surface area contributed by atoms with Gasteiger partial charge >= 0.3 is 0 Å². The number of unbranched alkanes of at least 4 members (excludes halogenated alkanes) is 2. The predicted molar refractivity (Wildman–Crippen MR) is 267 cm³/mol. The maximum absolute atomic E-state index is 7.67. The summed E-state index contributed by atoms with van der Waals surface area (Å²) in [6, 6.07) is 43.1. The monoisotopic (exact) mass is 885 g/mol. The molecule has 5 nitrogen and oxygen atoms in total. The number of hydrogen-bond acceptors (Lipinski definition) is 6. The number of fused-ring (bicyclic) bond motifs is 1. The van der Waals surface area contributed by atoms with Gasteiger partial charge in [-0.3, -0.25) is 4.99 Å². The molecular weight excluding hydrogens is 815 g/mol. The van der Waals surface area contributed by atoms with Crippen molar-refractivity contribution in [1.29, 1.82) is 0 Å². The van der Waals surface area contributed by atoms with Crippen LogP contribution < -0.4 is 20.7 Å². The molecule has 0 N–H and O–H groups in total. The first kappa shape index (κ1) is 48.0. The molecule has 6 atom stereocenters. The molecule has 0 saturated heterocycles. The maximum atomic E-state index is 7.67. The summed E-state index contributed by atoms with van der Waals surface area (Å²) in [5.41, 5.74) is 0.597. The highest BCUT2D eigenvalue weighted by atomic mass is 32.1. The van der Waals surface area contributed by atoms with E-state index in [4.69, 9.17) is 35.5 Å². The zero-order chi connectivity index (χ0) is 44.2. The molecule has 5 unspecified atom stereocenters. The van der Waals surface area contributed by atoms with Gasteiger partial charge in [-0.15, -0.1) is 0 Å². The topological polar surface area (TPSA) is 49.3 Å². The zero-order valence-electron chi connectivity index (χ0n) is 38.6. The van der Waals surface area contributed by atoms with E-state index in [2.05, 4.69) is 175 Å². The average molecular weight is 886 g/mol. The van der Waals surface area contributed by atoms with Crippen LogP contribution in [-0.4, -0.2) is 61.0 Å². The molecule has 6 rings (SSSR count). The number of rotatable bonds is 21. The first-order valence-electron chi connectivity index (χ1n) is 23.1. The van der Waals surface area contributed by atoms with Crippen LogP contribution >= 0.6 is 12.2 Å². The van der Waals surface area contributed by atoms with Crippen LogP contribution in [0.5, 0.6) is 0 Å². The lowest BCUT2D eigenvalue weighted by Gasteiger charge is -2.36. The van der Waals surface area contributed by atoms with Crippen molar-refractivity contribution in [3.8, 4) is 0 Å². The van der Waals surface area contributed by atoms with Gasteiger partial charge in [0.05, 0.1) is 12.7 Å². The highest BCUT2D eigenvalue weighted by Gasteiger charge is 2.63. The summed E-state index contributed by atoms with van der Waals surface area (Å²) < 4.78 is 26.8. The fourth-order valence-corrected chi connectivity index (χ4v) is 14.0. The van der Waals surface area contributed by atoms with Gasteiger partial charge in [0.15, 0.2) is 10.8 Å². The van der Waals surface area contributed by atoms with Crippen LogP contribution in [-0.2, 0) is 18.3 Å². The summed E-state index contributed by atoms with van der Waals surface area (Å²) in [6.45, 7) is 17.8. The van der Waals surface area contributed by atoms with Crippen LogP contribution in [0.25, 0.3) is 0 Å². The van der Waals surface area contributed by atoms with Crippen LogP contribution in [0.4, 0.5) is 0 Å². The van der Waals surface area contributed by atoms with Gasteiger partial charge < -0.3 is 18.3 Å². The molecule has 1 heterocycles. The minimum atomic E-state index is -1.64. The van der Waals surface area contributed by atoms with Crippen molar-refractivity contribution in [1.82, 2.24) is 0 Å².